The highest BCUT2D eigenvalue weighted by molar-refractivity contribution is 7.13. The van der Waals surface area contributed by atoms with Crippen molar-refractivity contribution in [1.82, 2.24) is 15.6 Å². The van der Waals surface area contributed by atoms with Crippen molar-refractivity contribution in [3.63, 3.8) is 0 Å². The SMILES string of the molecule is Cc1ccc(-c2nc(C(=O)NC3CCNCC3C)cs2)o1. The Kier molecular flexibility index (Phi) is 4.07. The summed E-state index contributed by atoms with van der Waals surface area (Å²) in [6.07, 6.45) is 0.960. The maximum absolute atomic E-state index is 12.3. The first-order chi connectivity index (χ1) is 10.1. The average molecular weight is 305 g/mol. The van der Waals surface area contributed by atoms with Crippen LogP contribution in [0, 0.1) is 12.8 Å². The number of carbonyl (C=O) groups is 1. The molecule has 2 N–H and O–H groups in total. The van der Waals surface area contributed by atoms with E-state index in [1.54, 1.807) is 5.38 Å². The standard InChI is InChI=1S/C15H19N3O2S/c1-9-7-16-6-5-11(9)17-14(19)12-8-21-15(18-12)13-4-3-10(2)20-13/h3-4,8-9,11,16H,5-7H2,1-2H3,(H,17,19). The molecular weight excluding hydrogens is 286 g/mol. The van der Waals surface area contributed by atoms with E-state index in [-0.39, 0.29) is 11.9 Å². The molecule has 1 aliphatic rings. The summed E-state index contributed by atoms with van der Waals surface area (Å²) in [5, 5.41) is 8.95. The van der Waals surface area contributed by atoms with Gasteiger partial charge in [0.15, 0.2) is 10.8 Å². The van der Waals surface area contributed by atoms with Crippen LogP contribution in [0.15, 0.2) is 21.9 Å². The van der Waals surface area contributed by atoms with Gasteiger partial charge in [0, 0.05) is 11.4 Å². The zero-order chi connectivity index (χ0) is 14.8. The number of piperidine rings is 1. The van der Waals surface area contributed by atoms with Crippen LogP contribution in [-0.2, 0) is 0 Å². The van der Waals surface area contributed by atoms with Crippen LogP contribution >= 0.6 is 11.3 Å². The van der Waals surface area contributed by atoms with Crippen LogP contribution in [0.25, 0.3) is 10.8 Å². The predicted octanol–water partition coefficient (Wildman–Crippen LogP) is 2.44. The summed E-state index contributed by atoms with van der Waals surface area (Å²) in [5.41, 5.74) is 0.467. The molecule has 1 amide bonds. The van der Waals surface area contributed by atoms with Crippen LogP contribution < -0.4 is 10.6 Å². The van der Waals surface area contributed by atoms with Crippen LogP contribution in [0.4, 0.5) is 0 Å². The number of rotatable bonds is 3. The van der Waals surface area contributed by atoms with Crippen molar-refractivity contribution in [2.45, 2.75) is 26.3 Å². The third-order valence-corrected chi connectivity index (χ3v) is 4.65. The van der Waals surface area contributed by atoms with Crippen LogP contribution in [0.3, 0.4) is 0 Å². The zero-order valence-corrected chi connectivity index (χ0v) is 13.0. The van der Waals surface area contributed by atoms with Gasteiger partial charge in [-0.05, 0) is 44.5 Å². The second-order valence-electron chi connectivity index (χ2n) is 5.50. The van der Waals surface area contributed by atoms with Gasteiger partial charge >= 0.3 is 0 Å². The highest BCUT2D eigenvalue weighted by Gasteiger charge is 2.24. The van der Waals surface area contributed by atoms with Crippen molar-refractivity contribution in [3.05, 3.63) is 29.0 Å². The molecule has 3 heterocycles. The fourth-order valence-corrected chi connectivity index (χ4v) is 3.27. The minimum atomic E-state index is -0.0977. The number of furan rings is 1. The van der Waals surface area contributed by atoms with E-state index in [1.807, 2.05) is 19.1 Å². The number of hydrogen-bond donors (Lipinski definition) is 2. The molecule has 1 fully saturated rings. The van der Waals surface area contributed by atoms with Gasteiger partial charge in [0.1, 0.15) is 11.5 Å². The normalized spacial score (nSPS) is 22.2. The lowest BCUT2D eigenvalue weighted by Gasteiger charge is -2.29. The van der Waals surface area contributed by atoms with Crippen molar-refractivity contribution < 1.29 is 9.21 Å². The zero-order valence-electron chi connectivity index (χ0n) is 12.2. The lowest BCUT2D eigenvalue weighted by molar-refractivity contribution is 0.0910. The molecule has 0 radical (unpaired) electrons. The topological polar surface area (TPSA) is 67.2 Å². The number of nitrogens with one attached hydrogen (secondary N) is 2. The Balaban J connectivity index is 1.69. The van der Waals surface area contributed by atoms with Gasteiger partial charge in [-0.3, -0.25) is 4.79 Å². The molecule has 0 spiro atoms. The number of carbonyl (C=O) groups excluding carboxylic acids is 1. The van der Waals surface area contributed by atoms with Gasteiger partial charge in [0.05, 0.1) is 0 Å². The Labute approximate surface area is 127 Å². The van der Waals surface area contributed by atoms with Crippen LogP contribution in [-0.4, -0.2) is 30.0 Å². The van der Waals surface area contributed by atoms with E-state index in [0.29, 0.717) is 17.4 Å². The lowest BCUT2D eigenvalue weighted by Crippen LogP contribution is -2.48. The van der Waals surface area contributed by atoms with E-state index in [2.05, 4.69) is 22.5 Å². The van der Waals surface area contributed by atoms with E-state index in [0.717, 1.165) is 30.3 Å². The highest BCUT2D eigenvalue weighted by Crippen LogP contribution is 2.25. The number of hydrogen-bond acceptors (Lipinski definition) is 5. The maximum Gasteiger partial charge on any atom is 0.271 e. The number of nitrogens with zero attached hydrogens (tertiary/aromatic N) is 1. The molecule has 0 aliphatic carbocycles. The van der Waals surface area contributed by atoms with Gasteiger partial charge < -0.3 is 15.1 Å². The summed E-state index contributed by atoms with van der Waals surface area (Å²) in [6, 6.07) is 3.99. The van der Waals surface area contributed by atoms with Gasteiger partial charge in [0.25, 0.3) is 5.91 Å². The summed E-state index contributed by atoms with van der Waals surface area (Å²) in [4.78, 5) is 16.7. The molecule has 0 bridgehead atoms. The van der Waals surface area contributed by atoms with E-state index in [1.165, 1.54) is 11.3 Å². The Bertz CT molecular complexity index is 634. The molecule has 6 heteroatoms. The average Bonchev–Trinajstić information content (AvgIpc) is 3.10. The fourth-order valence-electron chi connectivity index (χ4n) is 2.51. The van der Waals surface area contributed by atoms with Crippen molar-refractivity contribution in [3.8, 4) is 10.8 Å². The van der Waals surface area contributed by atoms with Crippen molar-refractivity contribution in [2.24, 2.45) is 5.92 Å². The van der Waals surface area contributed by atoms with Gasteiger partial charge in [-0.25, -0.2) is 4.98 Å². The molecule has 2 atom stereocenters. The largest absolute Gasteiger partial charge is 0.459 e. The fraction of sp³-hybridized carbons (Fsp3) is 0.467. The molecule has 2 unspecified atom stereocenters. The monoisotopic (exact) mass is 305 g/mol. The lowest BCUT2D eigenvalue weighted by atomic mass is 9.95. The van der Waals surface area contributed by atoms with E-state index in [4.69, 9.17) is 4.42 Å². The minimum absolute atomic E-state index is 0.0977. The molecule has 0 saturated carbocycles. The van der Waals surface area contributed by atoms with Gasteiger partial charge in [0.2, 0.25) is 0 Å². The summed E-state index contributed by atoms with van der Waals surface area (Å²) in [6.45, 7) is 5.93. The maximum atomic E-state index is 12.3. The van der Waals surface area contributed by atoms with Crippen molar-refractivity contribution in [2.75, 3.05) is 13.1 Å². The molecule has 112 valence electrons. The Morgan fingerprint density at radius 3 is 3.10 bits per heavy atom. The van der Waals surface area contributed by atoms with Crippen LogP contribution in [0.1, 0.15) is 29.6 Å². The summed E-state index contributed by atoms with van der Waals surface area (Å²) in [5.74, 6) is 1.90. The number of aromatic nitrogens is 1. The summed E-state index contributed by atoms with van der Waals surface area (Å²) >= 11 is 1.43. The predicted molar refractivity (Wildman–Crippen MR) is 82.5 cm³/mol. The molecule has 2 aromatic rings. The van der Waals surface area contributed by atoms with Gasteiger partial charge in [-0.15, -0.1) is 11.3 Å². The number of thiazole rings is 1. The molecule has 3 rings (SSSR count). The Hall–Kier alpha value is -1.66. The van der Waals surface area contributed by atoms with Crippen molar-refractivity contribution >= 4 is 17.2 Å². The molecule has 21 heavy (non-hydrogen) atoms. The molecular formula is C15H19N3O2S. The molecule has 2 aromatic heterocycles. The van der Waals surface area contributed by atoms with Crippen LogP contribution in [0.2, 0.25) is 0 Å². The molecule has 0 aromatic carbocycles. The van der Waals surface area contributed by atoms with Gasteiger partial charge in [-0.2, -0.15) is 0 Å². The van der Waals surface area contributed by atoms with Crippen molar-refractivity contribution in [1.29, 1.82) is 0 Å². The third kappa shape index (κ3) is 3.16. The number of amides is 1. The molecule has 1 aliphatic heterocycles. The molecule has 1 saturated heterocycles. The second kappa shape index (κ2) is 5.99. The first-order valence-corrected chi connectivity index (χ1v) is 8.05. The van der Waals surface area contributed by atoms with E-state index in [9.17, 15) is 4.79 Å². The third-order valence-electron chi connectivity index (χ3n) is 3.79. The molecule has 5 nitrogen and oxygen atoms in total. The van der Waals surface area contributed by atoms with Crippen LogP contribution in [0.5, 0.6) is 0 Å². The highest BCUT2D eigenvalue weighted by atomic mass is 32.1. The second-order valence-corrected chi connectivity index (χ2v) is 6.36. The first kappa shape index (κ1) is 14.3. The van der Waals surface area contributed by atoms with E-state index >= 15 is 0 Å². The summed E-state index contributed by atoms with van der Waals surface area (Å²) in [7, 11) is 0. The first-order valence-electron chi connectivity index (χ1n) is 7.17. The Morgan fingerprint density at radius 2 is 2.38 bits per heavy atom. The number of aryl methyl sites for hydroxylation is 1. The Morgan fingerprint density at radius 1 is 1.52 bits per heavy atom. The van der Waals surface area contributed by atoms with E-state index < -0.39 is 0 Å². The smallest absolute Gasteiger partial charge is 0.271 e. The van der Waals surface area contributed by atoms with Gasteiger partial charge in [-0.1, -0.05) is 6.92 Å². The minimum Gasteiger partial charge on any atom is -0.459 e. The quantitative estimate of drug-likeness (QED) is 0.914. The summed E-state index contributed by atoms with van der Waals surface area (Å²) < 4.78 is 5.54.